The Bertz CT molecular complexity index is 2130. The van der Waals surface area contributed by atoms with Gasteiger partial charge in [-0.25, -0.2) is 0 Å². The van der Waals surface area contributed by atoms with E-state index in [1.807, 2.05) is 0 Å². The van der Waals surface area contributed by atoms with Crippen molar-refractivity contribution in [3.05, 3.63) is 152 Å². The average Bonchev–Trinajstić information content (AvgIpc) is 3.05. The first-order chi connectivity index (χ1) is 20.4. The predicted molar refractivity (Wildman–Crippen MR) is 175 cm³/mol. The standard InChI is InChI=1S/C38H25BN2/c1-2-15-28(16-3-1)40-34-20-9-8-19-31(34)39-32-25-24-27-13-5-7-18-30(27)38(32)41(36-23-11-22-35(40)37(36)39)33-21-10-14-26-12-4-6-17-29(26)33/h1-25H. The summed E-state index contributed by atoms with van der Waals surface area (Å²) in [6.45, 7) is 0.128. The fraction of sp³-hybridized carbons (Fsp3) is 0. The summed E-state index contributed by atoms with van der Waals surface area (Å²) in [7, 11) is 0. The highest BCUT2D eigenvalue weighted by molar-refractivity contribution is 7.00. The molecule has 0 saturated heterocycles. The zero-order valence-corrected chi connectivity index (χ0v) is 22.4. The van der Waals surface area contributed by atoms with E-state index < -0.39 is 0 Å². The van der Waals surface area contributed by atoms with Crippen LogP contribution in [0.25, 0.3) is 21.5 Å². The lowest BCUT2D eigenvalue weighted by molar-refractivity contribution is 1.26. The van der Waals surface area contributed by atoms with Gasteiger partial charge >= 0.3 is 0 Å². The second-order valence-electron chi connectivity index (χ2n) is 10.9. The Kier molecular flexibility index (Phi) is 4.73. The van der Waals surface area contributed by atoms with Crippen molar-refractivity contribution in [2.24, 2.45) is 0 Å². The lowest BCUT2D eigenvalue weighted by Crippen LogP contribution is -2.61. The molecule has 0 amide bonds. The van der Waals surface area contributed by atoms with Crippen LogP contribution in [0.4, 0.5) is 34.1 Å². The van der Waals surface area contributed by atoms with Crippen LogP contribution in [0.5, 0.6) is 0 Å². The molecule has 0 unspecified atom stereocenters. The third-order valence-electron chi connectivity index (χ3n) is 8.81. The van der Waals surface area contributed by atoms with Crippen molar-refractivity contribution in [1.29, 1.82) is 0 Å². The molecule has 2 heterocycles. The molecule has 2 aliphatic heterocycles. The van der Waals surface area contributed by atoms with Crippen molar-refractivity contribution < 1.29 is 0 Å². The molecule has 0 radical (unpaired) electrons. The Morgan fingerprint density at radius 2 is 0.951 bits per heavy atom. The highest BCUT2D eigenvalue weighted by Crippen LogP contribution is 2.46. The molecule has 2 aliphatic rings. The van der Waals surface area contributed by atoms with E-state index in [-0.39, 0.29) is 6.71 Å². The van der Waals surface area contributed by atoms with Crippen molar-refractivity contribution in [3.63, 3.8) is 0 Å². The Balaban J connectivity index is 1.44. The van der Waals surface area contributed by atoms with Crippen molar-refractivity contribution in [2.75, 3.05) is 9.80 Å². The van der Waals surface area contributed by atoms with Gasteiger partial charge in [0.15, 0.2) is 0 Å². The lowest BCUT2D eigenvalue weighted by Gasteiger charge is -2.44. The molecule has 0 saturated carbocycles. The fourth-order valence-electron chi connectivity index (χ4n) is 7.15. The number of rotatable bonds is 2. The summed E-state index contributed by atoms with van der Waals surface area (Å²) in [4.78, 5) is 4.98. The van der Waals surface area contributed by atoms with Crippen LogP contribution >= 0.6 is 0 Å². The van der Waals surface area contributed by atoms with Crippen LogP contribution < -0.4 is 26.2 Å². The van der Waals surface area contributed by atoms with Gasteiger partial charge in [0.1, 0.15) is 0 Å². The van der Waals surface area contributed by atoms with Crippen molar-refractivity contribution in [1.82, 2.24) is 0 Å². The maximum Gasteiger partial charge on any atom is 0.252 e. The minimum Gasteiger partial charge on any atom is -0.311 e. The topological polar surface area (TPSA) is 6.48 Å². The molecular formula is C38H25BN2. The molecule has 0 N–H and O–H groups in total. The third kappa shape index (κ3) is 3.15. The number of para-hydroxylation sites is 2. The average molecular weight is 520 g/mol. The van der Waals surface area contributed by atoms with Crippen LogP contribution in [0.2, 0.25) is 0 Å². The minimum absolute atomic E-state index is 0.128. The van der Waals surface area contributed by atoms with Gasteiger partial charge in [0.2, 0.25) is 0 Å². The summed E-state index contributed by atoms with van der Waals surface area (Å²) in [6.07, 6.45) is 0. The van der Waals surface area contributed by atoms with Crippen LogP contribution in [0.1, 0.15) is 0 Å². The van der Waals surface area contributed by atoms with E-state index in [2.05, 4.69) is 161 Å². The molecule has 7 aromatic carbocycles. The summed E-state index contributed by atoms with van der Waals surface area (Å²) >= 11 is 0. The highest BCUT2D eigenvalue weighted by atomic mass is 15.2. The summed E-state index contributed by atoms with van der Waals surface area (Å²) in [6, 6.07) is 55.5. The highest BCUT2D eigenvalue weighted by Gasteiger charge is 2.43. The van der Waals surface area contributed by atoms with Gasteiger partial charge in [0.05, 0.1) is 5.69 Å². The van der Waals surface area contributed by atoms with Crippen molar-refractivity contribution >= 4 is 78.8 Å². The number of hydrogen-bond donors (Lipinski definition) is 0. The van der Waals surface area contributed by atoms with Gasteiger partial charge in [-0.15, -0.1) is 0 Å². The first kappa shape index (κ1) is 22.5. The van der Waals surface area contributed by atoms with Crippen LogP contribution in [0.3, 0.4) is 0 Å². The number of hydrogen-bond acceptors (Lipinski definition) is 2. The molecule has 7 aromatic rings. The smallest absolute Gasteiger partial charge is 0.252 e. The molecule has 9 rings (SSSR count). The number of benzene rings is 7. The van der Waals surface area contributed by atoms with Gasteiger partial charge in [-0.05, 0) is 63.6 Å². The number of fused-ring (bicyclic) bond motifs is 7. The molecule has 0 aliphatic carbocycles. The normalized spacial score (nSPS) is 13.2. The summed E-state index contributed by atoms with van der Waals surface area (Å²) in [5, 5.41) is 5.03. The Labute approximate surface area is 239 Å². The Morgan fingerprint density at radius 3 is 1.80 bits per heavy atom. The van der Waals surface area contributed by atoms with Gasteiger partial charge in [0, 0.05) is 39.2 Å². The molecule has 41 heavy (non-hydrogen) atoms. The van der Waals surface area contributed by atoms with Gasteiger partial charge < -0.3 is 9.80 Å². The molecule has 0 aromatic heterocycles. The predicted octanol–water partition coefficient (Wildman–Crippen LogP) is 8.08. The maximum atomic E-state index is 2.53. The van der Waals surface area contributed by atoms with Gasteiger partial charge in [-0.2, -0.15) is 0 Å². The maximum absolute atomic E-state index is 2.53. The summed E-state index contributed by atoms with van der Waals surface area (Å²) < 4.78 is 0. The lowest BCUT2D eigenvalue weighted by atomic mass is 9.33. The van der Waals surface area contributed by atoms with Gasteiger partial charge in [0.25, 0.3) is 6.71 Å². The zero-order chi connectivity index (χ0) is 26.9. The third-order valence-corrected chi connectivity index (χ3v) is 8.81. The van der Waals surface area contributed by atoms with Gasteiger partial charge in [-0.1, -0.05) is 115 Å². The van der Waals surface area contributed by atoms with E-state index in [0.29, 0.717) is 0 Å². The van der Waals surface area contributed by atoms with E-state index in [1.165, 1.54) is 72.1 Å². The molecule has 0 atom stereocenters. The molecule has 190 valence electrons. The quantitative estimate of drug-likeness (QED) is 0.213. The Morgan fingerprint density at radius 1 is 0.366 bits per heavy atom. The second-order valence-corrected chi connectivity index (χ2v) is 10.9. The van der Waals surface area contributed by atoms with Crippen LogP contribution in [-0.2, 0) is 0 Å². The minimum atomic E-state index is 0.128. The number of anilines is 6. The SMILES string of the molecule is c1ccc(N2c3ccccc3B3c4ccc5ccccc5c4N(c4cccc5ccccc45)c4cccc2c43)cc1. The number of nitrogens with zero attached hydrogens (tertiary/aromatic N) is 2. The summed E-state index contributed by atoms with van der Waals surface area (Å²) in [5.74, 6) is 0. The first-order valence-corrected chi connectivity index (χ1v) is 14.2. The van der Waals surface area contributed by atoms with E-state index in [4.69, 9.17) is 0 Å². The van der Waals surface area contributed by atoms with E-state index >= 15 is 0 Å². The summed E-state index contributed by atoms with van der Waals surface area (Å²) in [5.41, 5.74) is 11.4. The fourth-order valence-corrected chi connectivity index (χ4v) is 7.15. The van der Waals surface area contributed by atoms with Crippen LogP contribution in [0, 0.1) is 0 Å². The van der Waals surface area contributed by atoms with E-state index in [1.54, 1.807) is 0 Å². The molecule has 3 heteroatoms. The largest absolute Gasteiger partial charge is 0.311 e. The van der Waals surface area contributed by atoms with E-state index in [0.717, 1.165) is 0 Å². The van der Waals surface area contributed by atoms with Crippen LogP contribution in [-0.4, -0.2) is 6.71 Å². The molecule has 0 fully saturated rings. The van der Waals surface area contributed by atoms with Crippen LogP contribution in [0.15, 0.2) is 152 Å². The van der Waals surface area contributed by atoms with Crippen molar-refractivity contribution in [2.45, 2.75) is 0 Å². The monoisotopic (exact) mass is 520 g/mol. The Hall–Kier alpha value is -5.28. The molecule has 0 bridgehead atoms. The van der Waals surface area contributed by atoms with E-state index in [9.17, 15) is 0 Å². The molecule has 2 nitrogen and oxygen atoms in total. The van der Waals surface area contributed by atoms with Crippen molar-refractivity contribution in [3.8, 4) is 0 Å². The second kappa shape index (κ2) is 8.61. The molecular weight excluding hydrogens is 495 g/mol. The molecule has 0 spiro atoms. The van der Waals surface area contributed by atoms with Gasteiger partial charge in [-0.3, -0.25) is 0 Å². The first-order valence-electron chi connectivity index (χ1n) is 14.2. The zero-order valence-electron chi connectivity index (χ0n) is 22.4.